The van der Waals surface area contributed by atoms with Crippen LogP contribution in [0.5, 0.6) is 0 Å². The van der Waals surface area contributed by atoms with Crippen LogP contribution in [-0.4, -0.2) is 53.1 Å². The smallest absolute Gasteiger partial charge is 0.330 e. The molecule has 6 heteroatoms. The lowest BCUT2D eigenvalue weighted by Gasteiger charge is -2.39. The first kappa shape index (κ1) is 22.4. The third-order valence-corrected chi connectivity index (χ3v) is 4.62. The number of carbonyl (C=O) groups excluding carboxylic acids is 2. The van der Waals surface area contributed by atoms with Gasteiger partial charge in [0.1, 0.15) is 0 Å². The van der Waals surface area contributed by atoms with Gasteiger partial charge in [-0.3, -0.25) is 9.69 Å². The summed E-state index contributed by atoms with van der Waals surface area (Å²) in [7, 11) is 0. The molecule has 1 aliphatic rings. The molecule has 1 amide bonds. The van der Waals surface area contributed by atoms with Gasteiger partial charge in [0.15, 0.2) is 0 Å². The topological polar surface area (TPSA) is 61.9 Å². The number of piperazine rings is 1. The molecule has 1 atom stereocenters. The summed E-state index contributed by atoms with van der Waals surface area (Å²) in [5.41, 5.74) is 1.02. The van der Waals surface area contributed by atoms with E-state index in [1.165, 1.54) is 0 Å². The summed E-state index contributed by atoms with van der Waals surface area (Å²) < 4.78 is 0. The Morgan fingerprint density at radius 1 is 1.14 bits per heavy atom. The molecular formula is C22H35N3O3. The highest BCUT2D eigenvalue weighted by Gasteiger charge is 2.30. The molecule has 1 aromatic carbocycles. The molecule has 1 saturated heterocycles. The van der Waals surface area contributed by atoms with Crippen LogP contribution in [0.2, 0.25) is 0 Å². The second-order valence-electron chi connectivity index (χ2n) is 9.74. The van der Waals surface area contributed by atoms with Crippen molar-refractivity contribution in [3.05, 3.63) is 35.4 Å². The molecule has 0 spiro atoms. The fraction of sp³-hybridized carbons (Fsp3) is 0.636. The Morgan fingerprint density at radius 3 is 2.39 bits per heavy atom. The monoisotopic (exact) mass is 389 g/mol. The highest BCUT2D eigenvalue weighted by atomic mass is 16.7. The number of hydrogen-bond donors (Lipinski definition) is 1. The van der Waals surface area contributed by atoms with Crippen molar-refractivity contribution in [1.82, 2.24) is 15.3 Å². The number of rotatable bonds is 4. The number of benzene rings is 1. The number of nitrogens with one attached hydrogen (secondary N) is 1. The Labute approximate surface area is 169 Å². The van der Waals surface area contributed by atoms with Crippen LogP contribution < -0.4 is 5.32 Å². The van der Waals surface area contributed by atoms with E-state index < -0.39 is 5.41 Å². The lowest BCUT2D eigenvalue weighted by Crippen LogP contribution is -2.52. The molecule has 0 radical (unpaired) electrons. The molecule has 1 aromatic rings. The van der Waals surface area contributed by atoms with Crippen molar-refractivity contribution < 1.29 is 14.4 Å². The van der Waals surface area contributed by atoms with Gasteiger partial charge < -0.3 is 10.2 Å². The minimum atomic E-state index is -0.506. The third-order valence-electron chi connectivity index (χ3n) is 4.62. The first-order chi connectivity index (χ1) is 12.8. The molecule has 0 bridgehead atoms. The van der Waals surface area contributed by atoms with Crippen molar-refractivity contribution in [2.24, 2.45) is 5.41 Å². The zero-order chi connectivity index (χ0) is 21.1. The summed E-state index contributed by atoms with van der Waals surface area (Å²) >= 11 is 0. The molecule has 6 nitrogen and oxygen atoms in total. The van der Waals surface area contributed by atoms with E-state index >= 15 is 0 Å². The van der Waals surface area contributed by atoms with Crippen molar-refractivity contribution in [2.45, 2.75) is 66.6 Å². The fourth-order valence-electron chi connectivity index (χ4n) is 2.99. The van der Waals surface area contributed by atoms with Crippen molar-refractivity contribution in [2.75, 3.05) is 19.6 Å². The largest absolute Gasteiger partial charge is 0.367 e. The molecule has 156 valence electrons. The minimum absolute atomic E-state index is 0.0543. The molecule has 2 rings (SSSR count). The molecule has 0 aliphatic carbocycles. The van der Waals surface area contributed by atoms with Crippen LogP contribution in [0.3, 0.4) is 0 Å². The molecule has 0 unspecified atom stereocenters. The third kappa shape index (κ3) is 6.60. The molecule has 0 aromatic heterocycles. The first-order valence-electron chi connectivity index (χ1n) is 9.98. The average Bonchev–Trinajstić information content (AvgIpc) is 2.55. The van der Waals surface area contributed by atoms with E-state index in [9.17, 15) is 9.59 Å². The van der Waals surface area contributed by atoms with Crippen molar-refractivity contribution in [3.63, 3.8) is 0 Å². The quantitative estimate of drug-likeness (QED) is 0.857. The van der Waals surface area contributed by atoms with Crippen LogP contribution in [0.25, 0.3) is 0 Å². The van der Waals surface area contributed by atoms with Gasteiger partial charge in [0.2, 0.25) is 0 Å². The minimum Gasteiger partial charge on any atom is -0.367 e. The SMILES string of the molecule is C[C@@H]1CN(OC(=O)C(C)(C)C)CCN1Cc1cccc(C(=O)NC(C)(C)C)c1. The lowest BCUT2D eigenvalue weighted by molar-refractivity contribution is -0.211. The van der Waals surface area contributed by atoms with Gasteiger partial charge in [-0.15, -0.1) is 5.06 Å². The van der Waals surface area contributed by atoms with Gasteiger partial charge in [-0.25, -0.2) is 4.79 Å². The summed E-state index contributed by atoms with van der Waals surface area (Å²) in [6.07, 6.45) is 0. The summed E-state index contributed by atoms with van der Waals surface area (Å²) in [6.45, 7) is 16.5. The van der Waals surface area contributed by atoms with Gasteiger partial charge in [0.25, 0.3) is 5.91 Å². The summed E-state index contributed by atoms with van der Waals surface area (Å²) in [5.74, 6) is -0.257. The number of nitrogens with zero attached hydrogens (tertiary/aromatic N) is 2. The summed E-state index contributed by atoms with van der Waals surface area (Å²) in [5, 5.41) is 4.77. The van der Waals surface area contributed by atoms with E-state index in [4.69, 9.17) is 4.84 Å². The maximum atomic E-state index is 12.4. The first-order valence-corrected chi connectivity index (χ1v) is 9.98. The van der Waals surface area contributed by atoms with Crippen LogP contribution >= 0.6 is 0 Å². The van der Waals surface area contributed by atoms with Gasteiger partial charge in [-0.1, -0.05) is 12.1 Å². The molecule has 1 N–H and O–H groups in total. The van der Waals surface area contributed by atoms with E-state index in [2.05, 4.69) is 17.1 Å². The van der Waals surface area contributed by atoms with Crippen LogP contribution in [0.15, 0.2) is 24.3 Å². The van der Waals surface area contributed by atoms with E-state index in [-0.39, 0.29) is 23.5 Å². The van der Waals surface area contributed by atoms with E-state index in [1.54, 1.807) is 5.06 Å². The molecule has 1 aliphatic heterocycles. The Hall–Kier alpha value is -1.92. The second kappa shape index (κ2) is 8.62. The van der Waals surface area contributed by atoms with E-state index in [1.807, 2.05) is 65.8 Å². The highest BCUT2D eigenvalue weighted by Crippen LogP contribution is 2.19. The Morgan fingerprint density at radius 2 is 1.82 bits per heavy atom. The van der Waals surface area contributed by atoms with Gasteiger partial charge in [0.05, 0.1) is 12.0 Å². The summed E-state index contributed by atoms with van der Waals surface area (Å²) in [4.78, 5) is 32.4. The maximum Gasteiger partial charge on any atom is 0.330 e. The van der Waals surface area contributed by atoms with Crippen LogP contribution in [0.4, 0.5) is 0 Å². The van der Waals surface area contributed by atoms with E-state index in [0.29, 0.717) is 18.7 Å². The van der Waals surface area contributed by atoms with E-state index in [0.717, 1.165) is 18.7 Å². The predicted molar refractivity (Wildman–Crippen MR) is 111 cm³/mol. The van der Waals surface area contributed by atoms with Gasteiger partial charge in [0, 0.05) is 36.8 Å². The van der Waals surface area contributed by atoms with Gasteiger partial charge in [-0.2, -0.15) is 0 Å². The number of carbonyl (C=O) groups is 2. The Balaban J connectivity index is 1.95. The molecule has 28 heavy (non-hydrogen) atoms. The highest BCUT2D eigenvalue weighted by molar-refractivity contribution is 5.94. The molecule has 0 saturated carbocycles. The lowest BCUT2D eigenvalue weighted by atomic mass is 9.98. The van der Waals surface area contributed by atoms with Crippen molar-refractivity contribution in [3.8, 4) is 0 Å². The van der Waals surface area contributed by atoms with Crippen molar-refractivity contribution >= 4 is 11.9 Å². The molecular weight excluding hydrogens is 354 g/mol. The van der Waals surface area contributed by atoms with Crippen LogP contribution in [0, 0.1) is 5.41 Å². The number of amides is 1. The zero-order valence-electron chi connectivity index (χ0n) is 18.3. The standard InChI is InChI=1S/C22H35N3O3/c1-16-14-25(28-20(27)21(2,3)4)12-11-24(16)15-17-9-8-10-18(13-17)19(26)23-22(5,6)7/h8-10,13,16H,11-12,14-15H2,1-7H3,(H,23,26)/t16-/m1/s1. The predicted octanol–water partition coefficient (Wildman–Crippen LogP) is 3.23. The average molecular weight is 390 g/mol. The Bertz CT molecular complexity index is 704. The number of hydrogen-bond acceptors (Lipinski definition) is 5. The maximum absolute atomic E-state index is 12.4. The van der Waals surface area contributed by atoms with Crippen LogP contribution in [-0.2, 0) is 16.2 Å². The normalized spacial score (nSPS) is 19.3. The van der Waals surface area contributed by atoms with Crippen molar-refractivity contribution in [1.29, 1.82) is 0 Å². The van der Waals surface area contributed by atoms with Crippen LogP contribution in [0.1, 0.15) is 64.4 Å². The second-order valence-corrected chi connectivity index (χ2v) is 9.74. The van der Waals surface area contributed by atoms with Gasteiger partial charge in [-0.05, 0) is 66.2 Å². The molecule has 1 heterocycles. The van der Waals surface area contributed by atoms with Gasteiger partial charge >= 0.3 is 5.97 Å². The zero-order valence-corrected chi connectivity index (χ0v) is 18.3. The molecule has 1 fully saturated rings. The number of hydroxylamine groups is 2. The fourth-order valence-corrected chi connectivity index (χ4v) is 2.99. The summed E-state index contributed by atoms with van der Waals surface area (Å²) in [6, 6.07) is 8.03. The Kier molecular flexibility index (Phi) is 6.88.